The van der Waals surface area contributed by atoms with Crippen LogP contribution in [0.3, 0.4) is 0 Å². The summed E-state index contributed by atoms with van der Waals surface area (Å²) in [7, 11) is 3.07. The smallest absolute Gasteiger partial charge is 0.303 e. The first-order valence-corrected chi connectivity index (χ1v) is 9.41. The normalized spacial score (nSPS) is 11.6. The number of fused-ring (bicyclic) bond motifs is 1. The minimum atomic E-state index is -0.854. The van der Waals surface area contributed by atoms with Crippen LogP contribution in [0.5, 0.6) is 11.5 Å². The van der Waals surface area contributed by atoms with Gasteiger partial charge in [0.1, 0.15) is 5.01 Å². The molecule has 0 saturated heterocycles. The van der Waals surface area contributed by atoms with Crippen LogP contribution in [0.2, 0.25) is 5.02 Å². The lowest BCUT2D eigenvalue weighted by Crippen LogP contribution is -1.96. The maximum atomic E-state index is 11.1. The Balaban J connectivity index is 2.07. The third-order valence-corrected chi connectivity index (χ3v) is 5.37. The number of methoxy groups -OCH3 is 2. The molecule has 1 N–H and O–H groups in total. The van der Waals surface area contributed by atoms with Crippen LogP contribution in [0.15, 0.2) is 36.4 Å². The lowest BCUT2D eigenvalue weighted by Gasteiger charge is -2.11. The van der Waals surface area contributed by atoms with Gasteiger partial charge in [-0.15, -0.1) is 11.3 Å². The van der Waals surface area contributed by atoms with Gasteiger partial charge in [-0.3, -0.25) is 4.79 Å². The molecule has 140 valence electrons. The topological polar surface area (TPSA) is 68.7 Å². The molecule has 0 fully saturated rings. The highest BCUT2D eigenvalue weighted by atomic mass is 35.5. The number of rotatable bonds is 7. The molecule has 0 amide bonds. The Morgan fingerprint density at radius 2 is 2.00 bits per heavy atom. The van der Waals surface area contributed by atoms with Crippen LogP contribution in [0, 0.1) is 0 Å². The second kappa shape index (κ2) is 8.41. The van der Waals surface area contributed by atoms with Gasteiger partial charge in [-0.1, -0.05) is 23.7 Å². The summed E-state index contributed by atoms with van der Waals surface area (Å²) in [5.74, 6) is 0.119. The van der Waals surface area contributed by atoms with Gasteiger partial charge in [-0.05, 0) is 47.9 Å². The van der Waals surface area contributed by atoms with Gasteiger partial charge in [0, 0.05) is 6.42 Å². The second-order valence-electron chi connectivity index (χ2n) is 5.79. The summed E-state index contributed by atoms with van der Waals surface area (Å²) in [6.45, 7) is 0. The Bertz CT molecular complexity index is 979. The number of carboxylic acid groups (broad SMARTS) is 1. The molecule has 5 nitrogen and oxygen atoms in total. The van der Waals surface area contributed by atoms with Crippen LogP contribution in [0.25, 0.3) is 21.9 Å². The molecule has 0 unspecified atom stereocenters. The summed E-state index contributed by atoms with van der Waals surface area (Å²) in [6.07, 6.45) is 2.28. The average Bonchev–Trinajstić information content (AvgIpc) is 3.08. The predicted octanol–water partition coefficient (Wildman–Crippen LogP) is 5.37. The summed E-state index contributed by atoms with van der Waals surface area (Å²) >= 11 is 7.83. The van der Waals surface area contributed by atoms with E-state index < -0.39 is 5.97 Å². The van der Waals surface area contributed by atoms with E-state index >= 15 is 0 Å². The first-order valence-electron chi connectivity index (χ1n) is 8.21. The Kier molecular flexibility index (Phi) is 5.98. The molecule has 1 heterocycles. The van der Waals surface area contributed by atoms with Gasteiger partial charge in [0.25, 0.3) is 0 Å². The molecule has 0 bridgehead atoms. The number of benzene rings is 2. The van der Waals surface area contributed by atoms with Crippen LogP contribution in [-0.4, -0.2) is 30.3 Å². The van der Waals surface area contributed by atoms with E-state index in [1.165, 1.54) is 18.4 Å². The maximum Gasteiger partial charge on any atom is 0.303 e. The standard InChI is InChI=1S/C20H18ClNO4S/c1-25-16-11-12(10-14(21)19(16)26-2)9-13(7-8-18(23)24)20-22-15-5-3-4-6-17(15)27-20/h3-6,9-11H,7-8H2,1-2H3,(H,23,24). The third kappa shape index (κ3) is 4.40. The van der Waals surface area contributed by atoms with E-state index in [-0.39, 0.29) is 6.42 Å². The Hall–Kier alpha value is -2.57. The molecule has 2 aromatic carbocycles. The summed E-state index contributed by atoms with van der Waals surface area (Å²) in [5, 5.41) is 10.3. The molecule has 1 aromatic heterocycles. The zero-order valence-corrected chi connectivity index (χ0v) is 16.4. The maximum absolute atomic E-state index is 11.1. The van der Waals surface area contributed by atoms with E-state index in [4.69, 9.17) is 26.2 Å². The van der Waals surface area contributed by atoms with Gasteiger partial charge in [0.2, 0.25) is 0 Å². The van der Waals surface area contributed by atoms with Gasteiger partial charge in [-0.2, -0.15) is 0 Å². The number of ether oxygens (including phenoxy) is 2. The molecule has 3 rings (SSSR count). The average molecular weight is 404 g/mol. The van der Waals surface area contributed by atoms with Crippen LogP contribution >= 0.6 is 22.9 Å². The number of carboxylic acids is 1. The highest BCUT2D eigenvalue weighted by Gasteiger charge is 2.14. The number of para-hydroxylation sites is 1. The number of halogens is 1. The van der Waals surface area contributed by atoms with Crippen molar-refractivity contribution in [3.8, 4) is 11.5 Å². The lowest BCUT2D eigenvalue weighted by atomic mass is 10.1. The van der Waals surface area contributed by atoms with Crippen LogP contribution in [-0.2, 0) is 4.79 Å². The van der Waals surface area contributed by atoms with E-state index in [9.17, 15) is 4.79 Å². The summed E-state index contributed by atoms with van der Waals surface area (Å²) in [5.41, 5.74) is 2.52. The monoisotopic (exact) mass is 403 g/mol. The Labute approximate surface area is 165 Å². The molecular weight excluding hydrogens is 386 g/mol. The fourth-order valence-electron chi connectivity index (χ4n) is 2.71. The van der Waals surface area contributed by atoms with E-state index in [1.807, 2.05) is 30.3 Å². The molecule has 0 aliphatic carbocycles. The summed E-state index contributed by atoms with van der Waals surface area (Å²) in [6, 6.07) is 11.4. The van der Waals surface area contributed by atoms with E-state index in [2.05, 4.69) is 4.98 Å². The van der Waals surface area contributed by atoms with Crippen molar-refractivity contribution in [1.29, 1.82) is 0 Å². The molecule has 3 aromatic rings. The number of nitrogens with zero attached hydrogens (tertiary/aromatic N) is 1. The minimum Gasteiger partial charge on any atom is -0.493 e. The predicted molar refractivity (Wildman–Crippen MR) is 109 cm³/mol. The van der Waals surface area contributed by atoms with Gasteiger partial charge in [-0.25, -0.2) is 4.98 Å². The lowest BCUT2D eigenvalue weighted by molar-refractivity contribution is -0.136. The van der Waals surface area contributed by atoms with Crippen molar-refractivity contribution >= 4 is 50.8 Å². The molecule has 0 atom stereocenters. The number of hydrogen-bond donors (Lipinski definition) is 1. The number of hydrogen-bond acceptors (Lipinski definition) is 5. The SMILES string of the molecule is COc1cc(C=C(CCC(=O)O)c2nc3ccccc3s2)cc(Cl)c1OC. The first-order chi connectivity index (χ1) is 13.0. The molecular formula is C20H18ClNO4S. The van der Waals surface area contributed by atoms with Gasteiger partial charge in [0.05, 0.1) is 29.5 Å². The molecule has 7 heteroatoms. The van der Waals surface area contributed by atoms with E-state index in [0.717, 1.165) is 26.4 Å². The molecule has 0 aliphatic rings. The van der Waals surface area contributed by atoms with E-state index in [1.54, 1.807) is 19.2 Å². The third-order valence-electron chi connectivity index (χ3n) is 3.97. The number of aromatic nitrogens is 1. The molecule has 0 aliphatic heterocycles. The Morgan fingerprint density at radius 3 is 2.67 bits per heavy atom. The van der Waals surface area contributed by atoms with Gasteiger partial charge < -0.3 is 14.6 Å². The van der Waals surface area contributed by atoms with Crippen LogP contribution in [0.1, 0.15) is 23.4 Å². The van der Waals surface area contributed by atoms with Crippen LogP contribution in [0.4, 0.5) is 0 Å². The summed E-state index contributed by atoms with van der Waals surface area (Å²) in [4.78, 5) is 15.8. The largest absolute Gasteiger partial charge is 0.493 e. The van der Waals surface area contributed by atoms with Crippen molar-refractivity contribution in [3.63, 3.8) is 0 Å². The molecule has 0 spiro atoms. The summed E-state index contributed by atoms with van der Waals surface area (Å²) < 4.78 is 11.7. The zero-order chi connectivity index (χ0) is 19.4. The fraction of sp³-hybridized carbons (Fsp3) is 0.200. The first kappa shape index (κ1) is 19.2. The van der Waals surface area contributed by atoms with Crippen molar-refractivity contribution in [3.05, 3.63) is 52.0 Å². The molecule has 0 saturated carbocycles. The minimum absolute atomic E-state index is 0.0166. The van der Waals surface area contributed by atoms with Gasteiger partial charge >= 0.3 is 5.97 Å². The van der Waals surface area contributed by atoms with Crippen LogP contribution < -0.4 is 9.47 Å². The fourth-order valence-corrected chi connectivity index (χ4v) is 4.02. The van der Waals surface area contributed by atoms with Crippen molar-refractivity contribution in [1.82, 2.24) is 4.98 Å². The molecule has 0 radical (unpaired) electrons. The zero-order valence-electron chi connectivity index (χ0n) is 14.9. The second-order valence-corrected chi connectivity index (χ2v) is 7.23. The van der Waals surface area contributed by atoms with Gasteiger partial charge in [0.15, 0.2) is 11.5 Å². The number of aliphatic carboxylic acids is 1. The van der Waals surface area contributed by atoms with Crippen molar-refractivity contribution in [2.75, 3.05) is 14.2 Å². The number of allylic oxidation sites excluding steroid dienone is 1. The van der Waals surface area contributed by atoms with Crippen molar-refractivity contribution < 1.29 is 19.4 Å². The quantitative estimate of drug-likeness (QED) is 0.574. The van der Waals surface area contributed by atoms with E-state index in [0.29, 0.717) is 22.9 Å². The number of thiazole rings is 1. The Morgan fingerprint density at radius 1 is 1.22 bits per heavy atom. The molecule has 27 heavy (non-hydrogen) atoms. The van der Waals surface area contributed by atoms with Crippen molar-refractivity contribution in [2.45, 2.75) is 12.8 Å². The highest BCUT2D eigenvalue weighted by Crippen LogP contribution is 2.38. The van der Waals surface area contributed by atoms with Crippen molar-refractivity contribution in [2.24, 2.45) is 0 Å². The highest BCUT2D eigenvalue weighted by molar-refractivity contribution is 7.19. The number of carbonyl (C=O) groups is 1.